The minimum absolute atomic E-state index is 0. The average Bonchev–Trinajstić information content (AvgIpc) is 2.64. The molecular weight excluding hydrogens is 496 g/mol. The molecule has 1 amide bonds. The van der Waals surface area contributed by atoms with Gasteiger partial charge in [0.2, 0.25) is 16.3 Å². The van der Waals surface area contributed by atoms with E-state index >= 15 is 0 Å². The van der Waals surface area contributed by atoms with Gasteiger partial charge in [-0.1, -0.05) is 0 Å². The van der Waals surface area contributed by atoms with Crippen LogP contribution in [0.25, 0.3) is 0 Å². The Morgan fingerprint density at radius 2 is 1.61 bits per heavy atom. The summed E-state index contributed by atoms with van der Waals surface area (Å²) < 4.78 is 52.0. The third kappa shape index (κ3) is 8.85. The summed E-state index contributed by atoms with van der Waals surface area (Å²) in [7, 11) is -5.13. The van der Waals surface area contributed by atoms with Crippen LogP contribution in [0.3, 0.4) is 0 Å². The fourth-order valence-electron chi connectivity index (χ4n) is 3.33. The second-order valence-corrected chi connectivity index (χ2v) is 8.16. The number of amides is 1. The molecule has 10 atom stereocenters. The zero-order valence-electron chi connectivity index (χ0n) is 18.3. The Morgan fingerprint density at radius 3 is 2.09 bits per heavy atom. The summed E-state index contributed by atoms with van der Waals surface area (Å²) in [5.41, 5.74) is 0. The fourth-order valence-corrected chi connectivity index (χ4v) is 3.63. The van der Waals surface area contributed by atoms with Gasteiger partial charge in [-0.05, 0) is 6.92 Å². The Hall–Kier alpha value is 0.530. The molecule has 2 heterocycles. The summed E-state index contributed by atoms with van der Waals surface area (Å²) in [5, 5.41) is 53.9. The monoisotopic (exact) mass is 519 g/mol. The first-order valence-corrected chi connectivity index (χ1v) is 10.3. The number of carbonyl (C=O) groups is 2. The van der Waals surface area contributed by atoms with E-state index in [1.54, 1.807) is 0 Å². The summed E-state index contributed by atoms with van der Waals surface area (Å²) in [5.74, 6) is -2.51. The van der Waals surface area contributed by atoms with E-state index in [1.165, 1.54) is 6.92 Å². The minimum Gasteiger partial charge on any atom is -0.726 e. The summed E-state index contributed by atoms with van der Waals surface area (Å²) in [6, 6.07) is -1.13. The van der Waals surface area contributed by atoms with E-state index < -0.39 is 90.0 Å². The van der Waals surface area contributed by atoms with Crippen molar-refractivity contribution in [3.05, 3.63) is 0 Å². The zero-order chi connectivity index (χ0) is 23.7. The van der Waals surface area contributed by atoms with Crippen LogP contribution < -0.4 is 69.5 Å². The van der Waals surface area contributed by atoms with Crippen molar-refractivity contribution in [1.29, 1.82) is 0 Å². The number of hydrogen-bond donors (Lipinski definition) is 5. The van der Waals surface area contributed by atoms with Crippen molar-refractivity contribution in [3.63, 3.8) is 0 Å². The van der Waals surface area contributed by atoms with E-state index in [0.29, 0.717) is 0 Å². The number of carboxylic acid groups (broad SMARTS) is 1. The molecule has 4 unspecified atom stereocenters. The maximum absolute atomic E-state index is 11.6. The van der Waals surface area contributed by atoms with Crippen molar-refractivity contribution < 1.29 is 126 Å². The van der Waals surface area contributed by atoms with Crippen LogP contribution in [0.15, 0.2) is 0 Å². The molecule has 0 spiro atoms. The topological polar surface area (TPSA) is 244 Å². The van der Waals surface area contributed by atoms with Crippen LogP contribution in [-0.4, -0.2) is 113 Å². The van der Waals surface area contributed by atoms with E-state index in [9.17, 15) is 48.1 Å². The number of nitrogens with one attached hydrogen (secondary N) is 1. The van der Waals surface area contributed by atoms with E-state index in [1.807, 2.05) is 0 Å². The van der Waals surface area contributed by atoms with Crippen molar-refractivity contribution in [3.8, 4) is 0 Å². The van der Waals surface area contributed by atoms with Crippen LogP contribution in [0.4, 0.5) is 0 Å². The normalized spacial score (nSPS) is 39.0. The number of ether oxygens (including phenoxy) is 3. The number of aliphatic carboxylic acids is 1. The maximum atomic E-state index is 11.6. The summed E-state index contributed by atoms with van der Waals surface area (Å²) in [6.45, 7) is 1.62. The van der Waals surface area contributed by atoms with Gasteiger partial charge < -0.3 is 54.4 Å². The molecule has 5 N–H and O–H groups in total. The van der Waals surface area contributed by atoms with Gasteiger partial charge in [0.05, 0.1) is 24.7 Å². The van der Waals surface area contributed by atoms with Gasteiger partial charge in [-0.2, -0.15) is 0 Å². The number of aliphatic hydroxyl groups excluding tert-OH is 4. The van der Waals surface area contributed by atoms with Crippen LogP contribution in [0.2, 0.25) is 0 Å². The first-order chi connectivity index (χ1) is 14.2. The number of carboxylic acids is 1. The smallest absolute Gasteiger partial charge is 0.726 e. The van der Waals surface area contributed by atoms with Gasteiger partial charge in [0.1, 0.15) is 42.7 Å². The molecule has 18 heteroatoms. The van der Waals surface area contributed by atoms with E-state index in [-0.39, 0.29) is 59.1 Å². The van der Waals surface area contributed by atoms with Crippen molar-refractivity contribution in [1.82, 2.24) is 5.32 Å². The van der Waals surface area contributed by atoms with Crippen molar-refractivity contribution >= 4 is 22.3 Å². The standard InChI is InChI=1S/C15H25NO14S.2Na/c1-4-7(16-5(2)17)12(8(18)6(28-4)3-27-31(24,25)26)29-15-11(21)9(19)10(20)13(30-15)14(22)23;;/h4,6-13,15,18-21H,3H2,1-2H3,(H,16,17)(H,22,23)(H,24,25,26);;/q;2*+1/p-2/t4-,6?,7?,8-,9-,10+,11?,12+,13?,15+;;/m0../s1. The molecule has 2 aliphatic heterocycles. The maximum Gasteiger partial charge on any atom is 1.00 e. The number of hydrogen-bond acceptors (Lipinski definition) is 14. The van der Waals surface area contributed by atoms with Gasteiger partial charge >= 0.3 is 59.1 Å². The first-order valence-electron chi connectivity index (χ1n) is 8.99. The molecule has 180 valence electrons. The Labute approximate surface area is 233 Å². The molecule has 2 saturated heterocycles. The summed E-state index contributed by atoms with van der Waals surface area (Å²) >= 11 is 0. The largest absolute Gasteiger partial charge is 1.00 e. The zero-order valence-corrected chi connectivity index (χ0v) is 23.1. The third-order valence-electron chi connectivity index (χ3n) is 4.81. The van der Waals surface area contributed by atoms with Crippen LogP contribution >= 0.6 is 0 Å². The Bertz CT molecular complexity index is 772. The van der Waals surface area contributed by atoms with Gasteiger partial charge in [0, 0.05) is 6.92 Å². The van der Waals surface area contributed by atoms with E-state index in [2.05, 4.69) is 9.50 Å². The van der Waals surface area contributed by atoms with Crippen LogP contribution in [0.1, 0.15) is 13.8 Å². The predicted molar refractivity (Wildman–Crippen MR) is 90.2 cm³/mol. The molecule has 0 bridgehead atoms. The van der Waals surface area contributed by atoms with Crippen LogP contribution in [-0.2, 0) is 38.4 Å². The summed E-state index contributed by atoms with van der Waals surface area (Å²) in [6.07, 6.45) is -15.8. The molecule has 0 aliphatic carbocycles. The summed E-state index contributed by atoms with van der Waals surface area (Å²) in [4.78, 5) is 22.7. The molecule has 2 aliphatic rings. The molecule has 0 aromatic carbocycles. The first kappa shape index (κ1) is 33.5. The van der Waals surface area contributed by atoms with Gasteiger partial charge in [-0.25, -0.2) is 8.42 Å². The Balaban J connectivity index is 0.00000512. The van der Waals surface area contributed by atoms with Crippen molar-refractivity contribution in [2.75, 3.05) is 6.61 Å². The fraction of sp³-hybridized carbons (Fsp3) is 0.867. The Kier molecular flexibility index (Phi) is 14.0. The molecule has 2 fully saturated rings. The third-order valence-corrected chi connectivity index (χ3v) is 5.23. The minimum atomic E-state index is -5.13. The SMILES string of the molecule is CC(=O)NC1[C@H](C)OC(COS(=O)(=O)[O-])[C@H](O)[C@@H]1O[C@@H]1OC(C(=O)[O-])[C@H](O)[C@H](O)C1O.[Na+].[Na+]. The van der Waals surface area contributed by atoms with Crippen LogP contribution in [0.5, 0.6) is 0 Å². The van der Waals surface area contributed by atoms with Crippen molar-refractivity contribution in [2.45, 2.75) is 75.0 Å². The number of rotatable bonds is 7. The molecule has 15 nitrogen and oxygen atoms in total. The van der Waals surface area contributed by atoms with Crippen LogP contribution in [0, 0.1) is 0 Å². The average molecular weight is 519 g/mol. The molecular formula is C15H23NNa2O14S. The number of carbonyl (C=O) groups excluding carboxylic acids is 2. The van der Waals surface area contributed by atoms with Crippen molar-refractivity contribution in [2.24, 2.45) is 0 Å². The predicted octanol–water partition coefficient (Wildman–Crippen LogP) is -11.9. The van der Waals surface area contributed by atoms with Gasteiger partial charge in [-0.15, -0.1) is 0 Å². The van der Waals surface area contributed by atoms with Gasteiger partial charge in [-0.3, -0.25) is 8.98 Å². The molecule has 0 aromatic heterocycles. The molecule has 2 rings (SSSR count). The number of aliphatic hydroxyl groups is 4. The van der Waals surface area contributed by atoms with E-state index in [4.69, 9.17) is 14.2 Å². The van der Waals surface area contributed by atoms with Gasteiger partial charge in [0.25, 0.3) is 0 Å². The Morgan fingerprint density at radius 1 is 1.03 bits per heavy atom. The molecule has 0 saturated carbocycles. The molecule has 0 aromatic rings. The molecule has 0 radical (unpaired) electrons. The second kappa shape index (κ2) is 13.7. The quantitative estimate of drug-likeness (QED) is 0.119. The van der Waals surface area contributed by atoms with E-state index in [0.717, 1.165) is 6.92 Å². The second-order valence-electron chi connectivity index (χ2n) is 7.11. The molecule has 33 heavy (non-hydrogen) atoms. The van der Waals surface area contributed by atoms with Gasteiger partial charge in [0.15, 0.2) is 6.29 Å².